The molecule has 0 saturated heterocycles. The summed E-state index contributed by atoms with van der Waals surface area (Å²) in [5, 5.41) is 14.2. The summed E-state index contributed by atoms with van der Waals surface area (Å²) in [5.74, 6) is 2.18. The Labute approximate surface area is 177 Å². The van der Waals surface area contributed by atoms with Crippen LogP contribution in [0.2, 0.25) is 0 Å². The van der Waals surface area contributed by atoms with E-state index in [9.17, 15) is 0 Å². The van der Waals surface area contributed by atoms with Gasteiger partial charge in [0.2, 0.25) is 0 Å². The molecule has 0 aliphatic carbocycles. The molecule has 2 N–H and O–H groups in total. The number of guanidine groups is 1. The van der Waals surface area contributed by atoms with E-state index in [1.165, 1.54) is 0 Å². The van der Waals surface area contributed by atoms with E-state index in [4.69, 9.17) is 9.47 Å². The number of nitrogens with one attached hydrogen (secondary N) is 2. The summed E-state index contributed by atoms with van der Waals surface area (Å²) < 4.78 is 12.9. The van der Waals surface area contributed by atoms with Crippen molar-refractivity contribution in [1.82, 2.24) is 20.1 Å². The number of anilines is 1. The molecule has 0 bridgehead atoms. The normalized spacial score (nSPS) is 10.9. The maximum absolute atomic E-state index is 5.62. The molecule has 27 heavy (non-hydrogen) atoms. The fraction of sp³-hybridized carbons (Fsp3) is 0.500. The van der Waals surface area contributed by atoms with Gasteiger partial charge in [-0.25, -0.2) is 0 Å². The minimum absolute atomic E-state index is 0. The van der Waals surface area contributed by atoms with Gasteiger partial charge in [0.15, 0.2) is 17.5 Å². The first kappa shape index (κ1) is 23.0. The van der Waals surface area contributed by atoms with Gasteiger partial charge in [0.05, 0.1) is 13.7 Å². The number of halogens is 1. The maximum atomic E-state index is 5.62. The Bertz CT molecular complexity index is 678. The number of hydrogen-bond donors (Lipinski definition) is 2. The molecular formula is C18H29IN6O2. The molecule has 0 unspecified atom stereocenters. The summed E-state index contributed by atoms with van der Waals surface area (Å²) in [6, 6.07) is 5.75. The lowest BCUT2D eigenvalue weighted by molar-refractivity contribution is 0.311. The lowest BCUT2D eigenvalue weighted by atomic mass is 10.2. The quantitative estimate of drug-likeness (QED) is 0.231. The lowest BCUT2D eigenvalue weighted by Crippen LogP contribution is -2.30. The number of hydrogen-bond acceptors (Lipinski definition) is 5. The van der Waals surface area contributed by atoms with Crippen LogP contribution in [-0.4, -0.2) is 47.5 Å². The van der Waals surface area contributed by atoms with Gasteiger partial charge in [-0.2, -0.15) is 0 Å². The van der Waals surface area contributed by atoms with Crippen molar-refractivity contribution in [3.8, 4) is 11.5 Å². The van der Waals surface area contributed by atoms with Crippen molar-refractivity contribution in [2.45, 2.75) is 33.2 Å². The molecule has 1 aromatic carbocycles. The van der Waals surface area contributed by atoms with Crippen molar-refractivity contribution >= 4 is 35.6 Å². The molecule has 0 radical (unpaired) electrons. The molecule has 2 aromatic rings. The number of aryl methyl sites for hydroxylation is 1. The highest BCUT2D eigenvalue weighted by Gasteiger charge is 2.07. The number of nitrogens with zero attached hydrogens (tertiary/aromatic N) is 4. The van der Waals surface area contributed by atoms with Crippen LogP contribution in [0.5, 0.6) is 11.5 Å². The van der Waals surface area contributed by atoms with E-state index in [1.54, 1.807) is 19.8 Å². The van der Waals surface area contributed by atoms with Crippen LogP contribution in [0.3, 0.4) is 0 Å². The molecule has 150 valence electrons. The standard InChI is InChI=1S/C18H28N6O2.HI/c1-4-19-18(20-10-6-7-11-24-13-21-22-14-24)23-15-8-9-16(25-3)17(12-15)26-5-2;/h8-9,12-14H,4-7,10-11H2,1-3H3,(H2,19,20,23);1H. The Morgan fingerprint density at radius 2 is 1.93 bits per heavy atom. The predicted molar refractivity (Wildman–Crippen MR) is 118 cm³/mol. The molecule has 1 aromatic heterocycles. The fourth-order valence-corrected chi connectivity index (χ4v) is 2.40. The molecule has 8 nitrogen and oxygen atoms in total. The summed E-state index contributed by atoms with van der Waals surface area (Å²) in [6.07, 6.45) is 5.47. The third-order valence-corrected chi connectivity index (χ3v) is 3.63. The smallest absolute Gasteiger partial charge is 0.195 e. The largest absolute Gasteiger partial charge is 0.493 e. The van der Waals surface area contributed by atoms with E-state index in [0.29, 0.717) is 18.1 Å². The molecule has 0 aliphatic heterocycles. The molecule has 0 atom stereocenters. The Morgan fingerprint density at radius 3 is 2.59 bits per heavy atom. The third kappa shape index (κ3) is 8.02. The van der Waals surface area contributed by atoms with Gasteiger partial charge in [0, 0.05) is 31.4 Å². The van der Waals surface area contributed by atoms with Crippen molar-refractivity contribution in [3.63, 3.8) is 0 Å². The number of unbranched alkanes of at least 4 members (excludes halogenated alkanes) is 1. The molecule has 0 saturated carbocycles. The average Bonchev–Trinajstić information content (AvgIpc) is 3.15. The average molecular weight is 488 g/mol. The van der Waals surface area contributed by atoms with Crippen molar-refractivity contribution in [2.75, 3.05) is 32.1 Å². The number of ether oxygens (including phenoxy) is 2. The highest BCUT2D eigenvalue weighted by Crippen LogP contribution is 2.30. The first-order chi connectivity index (χ1) is 12.8. The second-order valence-electron chi connectivity index (χ2n) is 5.59. The number of rotatable bonds is 10. The summed E-state index contributed by atoms with van der Waals surface area (Å²) in [7, 11) is 1.64. The topological polar surface area (TPSA) is 85.6 Å². The number of aliphatic imine (C=N–C) groups is 1. The van der Waals surface area contributed by atoms with Gasteiger partial charge in [0.25, 0.3) is 0 Å². The first-order valence-corrected chi connectivity index (χ1v) is 8.95. The SMILES string of the molecule is CCNC(=NCCCCn1cnnc1)Nc1ccc(OC)c(OCC)c1.I. The van der Waals surface area contributed by atoms with Crippen LogP contribution >= 0.6 is 24.0 Å². The van der Waals surface area contributed by atoms with Crippen molar-refractivity contribution in [1.29, 1.82) is 0 Å². The predicted octanol–water partition coefficient (Wildman–Crippen LogP) is 3.16. The van der Waals surface area contributed by atoms with Crippen LogP contribution in [0.1, 0.15) is 26.7 Å². The van der Waals surface area contributed by atoms with Gasteiger partial charge >= 0.3 is 0 Å². The van der Waals surface area contributed by atoms with E-state index in [1.807, 2.05) is 36.6 Å². The summed E-state index contributed by atoms with van der Waals surface area (Å²) in [6.45, 7) is 7.02. The highest BCUT2D eigenvalue weighted by molar-refractivity contribution is 14.0. The molecule has 1 heterocycles. The van der Waals surface area contributed by atoms with Crippen LogP contribution in [0.15, 0.2) is 35.8 Å². The summed E-state index contributed by atoms with van der Waals surface area (Å²) in [4.78, 5) is 4.63. The summed E-state index contributed by atoms with van der Waals surface area (Å²) in [5.41, 5.74) is 0.901. The van der Waals surface area contributed by atoms with Crippen LogP contribution in [-0.2, 0) is 6.54 Å². The Kier molecular flexibility index (Phi) is 11.2. The maximum Gasteiger partial charge on any atom is 0.195 e. The minimum Gasteiger partial charge on any atom is -0.493 e. The monoisotopic (exact) mass is 488 g/mol. The van der Waals surface area contributed by atoms with E-state index in [2.05, 4.69) is 25.8 Å². The molecule has 2 rings (SSSR count). The first-order valence-electron chi connectivity index (χ1n) is 8.95. The molecule has 0 spiro atoms. The molecule has 0 aliphatic rings. The highest BCUT2D eigenvalue weighted by atomic mass is 127. The Hall–Kier alpha value is -2.04. The second kappa shape index (κ2) is 13.2. The van der Waals surface area contributed by atoms with Gasteiger partial charge in [-0.1, -0.05) is 0 Å². The molecule has 9 heteroatoms. The van der Waals surface area contributed by atoms with Crippen molar-refractivity contribution in [3.05, 3.63) is 30.9 Å². The fourth-order valence-electron chi connectivity index (χ4n) is 2.40. The number of aromatic nitrogens is 3. The van der Waals surface area contributed by atoms with E-state index < -0.39 is 0 Å². The van der Waals surface area contributed by atoms with Crippen LogP contribution in [0, 0.1) is 0 Å². The van der Waals surface area contributed by atoms with E-state index in [0.717, 1.165) is 44.1 Å². The zero-order valence-electron chi connectivity index (χ0n) is 16.1. The second-order valence-corrected chi connectivity index (χ2v) is 5.59. The van der Waals surface area contributed by atoms with Crippen LogP contribution in [0.25, 0.3) is 0 Å². The zero-order chi connectivity index (χ0) is 18.6. The Balaban J connectivity index is 0.00000364. The van der Waals surface area contributed by atoms with E-state index >= 15 is 0 Å². The van der Waals surface area contributed by atoms with Gasteiger partial charge in [-0.15, -0.1) is 34.2 Å². The Morgan fingerprint density at radius 1 is 1.15 bits per heavy atom. The van der Waals surface area contributed by atoms with Crippen LogP contribution < -0.4 is 20.1 Å². The summed E-state index contributed by atoms with van der Waals surface area (Å²) >= 11 is 0. The molecule has 0 fully saturated rings. The van der Waals surface area contributed by atoms with Gasteiger partial charge in [-0.05, 0) is 38.8 Å². The van der Waals surface area contributed by atoms with Gasteiger partial charge < -0.3 is 24.7 Å². The number of benzene rings is 1. The third-order valence-electron chi connectivity index (χ3n) is 3.63. The molecule has 0 amide bonds. The van der Waals surface area contributed by atoms with Gasteiger partial charge in [-0.3, -0.25) is 4.99 Å². The lowest BCUT2D eigenvalue weighted by Gasteiger charge is -2.14. The van der Waals surface area contributed by atoms with E-state index in [-0.39, 0.29) is 24.0 Å². The number of methoxy groups -OCH3 is 1. The van der Waals surface area contributed by atoms with Crippen molar-refractivity contribution < 1.29 is 9.47 Å². The van der Waals surface area contributed by atoms with Gasteiger partial charge in [0.1, 0.15) is 12.7 Å². The van der Waals surface area contributed by atoms with Crippen LogP contribution in [0.4, 0.5) is 5.69 Å². The zero-order valence-corrected chi connectivity index (χ0v) is 18.5. The van der Waals surface area contributed by atoms with Crippen molar-refractivity contribution in [2.24, 2.45) is 4.99 Å². The molecular weight excluding hydrogens is 459 g/mol. The minimum atomic E-state index is 0.